The summed E-state index contributed by atoms with van der Waals surface area (Å²) in [5, 5.41) is 9.69. The molecule has 0 fully saturated rings. The zero-order chi connectivity index (χ0) is 22.0. The molecule has 1 aliphatic heterocycles. The molecule has 0 saturated carbocycles. The van der Waals surface area contributed by atoms with Crippen molar-refractivity contribution in [3.8, 4) is 5.88 Å². The number of fused-ring (bicyclic) bond motifs is 1. The number of amides is 1. The number of benzene rings is 1. The van der Waals surface area contributed by atoms with E-state index < -0.39 is 17.7 Å². The van der Waals surface area contributed by atoms with E-state index in [2.05, 4.69) is 21.8 Å². The number of carbonyl (C=O) groups excluding carboxylic acids is 1. The van der Waals surface area contributed by atoms with Crippen LogP contribution in [-0.4, -0.2) is 39.0 Å². The number of methoxy groups -OCH3 is 1. The van der Waals surface area contributed by atoms with Crippen LogP contribution >= 0.6 is 0 Å². The fourth-order valence-electron chi connectivity index (χ4n) is 3.61. The third kappa shape index (κ3) is 4.30. The molecule has 7 nitrogen and oxygen atoms in total. The Kier molecular flexibility index (Phi) is 5.75. The number of nitrogens with zero attached hydrogens (tertiary/aromatic N) is 5. The van der Waals surface area contributed by atoms with Gasteiger partial charge in [-0.05, 0) is 36.6 Å². The number of hydrazone groups is 1. The lowest BCUT2D eigenvalue weighted by Gasteiger charge is -2.23. The van der Waals surface area contributed by atoms with Gasteiger partial charge in [-0.3, -0.25) is 9.48 Å². The number of aryl methyl sites for hydroxylation is 1. The second kappa shape index (κ2) is 8.63. The molecule has 0 bridgehead atoms. The molecule has 3 heterocycles. The Balaban J connectivity index is 1.38. The average Bonchev–Trinajstić information content (AvgIpc) is 3.39. The number of hydrogen-bond donors (Lipinski definition) is 0. The van der Waals surface area contributed by atoms with E-state index in [1.807, 2.05) is 10.7 Å². The van der Waals surface area contributed by atoms with Crippen LogP contribution in [0.15, 0.2) is 53.8 Å². The van der Waals surface area contributed by atoms with Crippen LogP contribution in [0.3, 0.4) is 0 Å². The molecule has 31 heavy (non-hydrogen) atoms. The number of hydrogen-bond acceptors (Lipinski definition) is 5. The topological polar surface area (TPSA) is 72.6 Å². The van der Waals surface area contributed by atoms with Gasteiger partial charge >= 0.3 is 0 Å². The lowest BCUT2D eigenvalue weighted by atomic mass is 10.0. The molecule has 3 aromatic rings. The normalized spacial score (nSPS) is 15.6. The first-order valence-corrected chi connectivity index (χ1v) is 9.82. The minimum Gasteiger partial charge on any atom is -0.481 e. The van der Waals surface area contributed by atoms with Gasteiger partial charge in [-0.25, -0.2) is 18.8 Å². The molecule has 1 amide bonds. The van der Waals surface area contributed by atoms with Crippen molar-refractivity contribution >= 4 is 23.2 Å². The van der Waals surface area contributed by atoms with Crippen molar-refractivity contribution in [2.24, 2.45) is 5.10 Å². The van der Waals surface area contributed by atoms with E-state index in [-0.39, 0.29) is 5.91 Å². The minimum absolute atomic E-state index is 0.361. The largest absolute Gasteiger partial charge is 0.481 e. The predicted octanol–water partition coefficient (Wildman–Crippen LogP) is 4.01. The zero-order valence-electron chi connectivity index (χ0n) is 17.0. The van der Waals surface area contributed by atoms with Gasteiger partial charge in [0.25, 0.3) is 5.91 Å². The average molecular weight is 425 g/mol. The summed E-state index contributed by atoms with van der Waals surface area (Å²) in [4.78, 5) is 17.2. The maximum atomic E-state index is 13.6. The van der Waals surface area contributed by atoms with E-state index in [9.17, 15) is 13.6 Å². The highest BCUT2D eigenvalue weighted by molar-refractivity contribution is 5.94. The van der Waals surface area contributed by atoms with Gasteiger partial charge in [-0.15, -0.1) is 0 Å². The molecule has 2 aromatic heterocycles. The molecule has 1 unspecified atom stereocenters. The van der Waals surface area contributed by atoms with E-state index in [0.29, 0.717) is 42.8 Å². The molecule has 0 N–H and O–H groups in total. The van der Waals surface area contributed by atoms with Crippen molar-refractivity contribution in [2.75, 3.05) is 7.11 Å². The molecule has 0 aliphatic carbocycles. The fraction of sp³-hybridized carbons (Fsp3) is 0.273. The summed E-state index contributed by atoms with van der Waals surface area (Å²) in [6.07, 6.45) is 4.68. The third-order valence-corrected chi connectivity index (χ3v) is 5.14. The smallest absolute Gasteiger partial charge is 0.269 e. The van der Waals surface area contributed by atoms with E-state index >= 15 is 0 Å². The molecular formula is C22H21F2N5O2. The van der Waals surface area contributed by atoms with Crippen molar-refractivity contribution < 1.29 is 18.3 Å². The lowest BCUT2D eigenvalue weighted by Crippen LogP contribution is -2.28. The first-order valence-electron chi connectivity index (χ1n) is 9.82. The number of halogens is 2. The van der Waals surface area contributed by atoms with Crippen molar-refractivity contribution in [1.29, 1.82) is 0 Å². The molecule has 4 rings (SSSR count). The van der Waals surface area contributed by atoms with E-state index in [4.69, 9.17) is 4.74 Å². The van der Waals surface area contributed by atoms with Crippen LogP contribution in [0.5, 0.6) is 5.88 Å². The second-order valence-electron chi connectivity index (χ2n) is 7.23. The fourth-order valence-corrected chi connectivity index (χ4v) is 3.61. The standard InChI is InChI=1S/C22H21F2N5O2/c1-14(4-3-9-28-20-5-6-21(31-2)27-18(20)13-26-28)22(30)29-19(7-8-25-29)15-10-16(23)12-17(24)11-15/h5-6,8,10-13,19H,1,3-4,7,9H2,2H3. The van der Waals surface area contributed by atoms with Crippen LogP contribution in [0, 0.1) is 11.6 Å². The number of rotatable bonds is 7. The Bertz CT molecular complexity index is 1150. The Morgan fingerprint density at radius 2 is 2.03 bits per heavy atom. The Hall–Kier alpha value is -3.62. The van der Waals surface area contributed by atoms with Crippen molar-refractivity contribution in [3.63, 3.8) is 0 Å². The summed E-state index contributed by atoms with van der Waals surface area (Å²) in [7, 11) is 1.56. The molecule has 9 heteroatoms. The van der Waals surface area contributed by atoms with E-state index in [0.717, 1.165) is 17.1 Å². The maximum Gasteiger partial charge on any atom is 0.269 e. The highest BCUT2D eigenvalue weighted by Gasteiger charge is 2.30. The van der Waals surface area contributed by atoms with Crippen molar-refractivity contribution in [2.45, 2.75) is 31.8 Å². The highest BCUT2D eigenvalue weighted by atomic mass is 19.1. The molecule has 1 aromatic carbocycles. The number of carbonyl (C=O) groups is 1. The van der Waals surface area contributed by atoms with Crippen LogP contribution < -0.4 is 4.74 Å². The summed E-state index contributed by atoms with van der Waals surface area (Å²) in [6.45, 7) is 4.47. The molecular weight excluding hydrogens is 404 g/mol. The Morgan fingerprint density at radius 1 is 1.26 bits per heavy atom. The molecule has 0 saturated heterocycles. The zero-order valence-corrected chi connectivity index (χ0v) is 17.0. The predicted molar refractivity (Wildman–Crippen MR) is 112 cm³/mol. The van der Waals surface area contributed by atoms with Gasteiger partial charge in [0.15, 0.2) is 0 Å². The quantitative estimate of drug-likeness (QED) is 0.536. The van der Waals surface area contributed by atoms with Gasteiger partial charge in [0.2, 0.25) is 5.88 Å². The molecule has 0 spiro atoms. The van der Waals surface area contributed by atoms with E-state index in [1.54, 1.807) is 25.6 Å². The highest BCUT2D eigenvalue weighted by Crippen LogP contribution is 2.31. The van der Waals surface area contributed by atoms with Crippen LogP contribution in [0.1, 0.15) is 30.9 Å². The first kappa shape index (κ1) is 20.6. The summed E-state index contributed by atoms with van der Waals surface area (Å²) < 4.78 is 34.1. The van der Waals surface area contributed by atoms with Crippen LogP contribution in [0.4, 0.5) is 8.78 Å². The van der Waals surface area contributed by atoms with Crippen molar-refractivity contribution in [3.05, 3.63) is 65.9 Å². The summed E-state index contributed by atoms with van der Waals surface area (Å²) in [6, 6.07) is 6.34. The number of aromatic nitrogens is 3. The van der Waals surface area contributed by atoms with Crippen LogP contribution in [0.2, 0.25) is 0 Å². The molecule has 160 valence electrons. The monoisotopic (exact) mass is 425 g/mol. The van der Waals surface area contributed by atoms with Gasteiger partial charge in [-0.2, -0.15) is 10.2 Å². The summed E-state index contributed by atoms with van der Waals surface area (Å²) in [5.41, 5.74) is 2.33. The van der Waals surface area contributed by atoms with Crippen LogP contribution in [-0.2, 0) is 11.3 Å². The summed E-state index contributed by atoms with van der Waals surface area (Å²) in [5.74, 6) is -1.22. The van der Waals surface area contributed by atoms with Crippen LogP contribution in [0.25, 0.3) is 11.0 Å². The van der Waals surface area contributed by atoms with Gasteiger partial charge in [0.05, 0.1) is 24.9 Å². The van der Waals surface area contributed by atoms with E-state index in [1.165, 1.54) is 17.1 Å². The first-order chi connectivity index (χ1) is 15.0. The Morgan fingerprint density at radius 3 is 2.77 bits per heavy atom. The minimum atomic E-state index is -0.688. The molecule has 1 aliphatic rings. The van der Waals surface area contributed by atoms with Gasteiger partial charge in [0, 0.05) is 36.9 Å². The SMILES string of the molecule is C=C(CCCn1ncc2nc(OC)ccc21)C(=O)N1N=CCC1c1cc(F)cc(F)c1. The Labute approximate surface area is 177 Å². The number of pyridine rings is 1. The number of ether oxygens (including phenoxy) is 1. The lowest BCUT2D eigenvalue weighted by molar-refractivity contribution is -0.129. The second-order valence-corrected chi connectivity index (χ2v) is 7.23. The maximum absolute atomic E-state index is 13.6. The van der Waals surface area contributed by atoms with Crippen molar-refractivity contribution in [1.82, 2.24) is 19.8 Å². The summed E-state index contributed by atoms with van der Waals surface area (Å²) >= 11 is 0. The van der Waals surface area contributed by atoms with Gasteiger partial charge in [-0.1, -0.05) is 6.58 Å². The molecule has 1 atom stereocenters. The van der Waals surface area contributed by atoms with Gasteiger partial charge in [0.1, 0.15) is 17.2 Å². The van der Waals surface area contributed by atoms with Gasteiger partial charge < -0.3 is 4.74 Å². The third-order valence-electron chi connectivity index (χ3n) is 5.14. The molecule has 0 radical (unpaired) electrons.